The molecule has 142 valence electrons. The number of aromatic hydroxyl groups is 2. The molecule has 0 amide bonds. The van der Waals surface area contributed by atoms with Crippen molar-refractivity contribution in [3.05, 3.63) is 47.5 Å². The van der Waals surface area contributed by atoms with Gasteiger partial charge in [-0.3, -0.25) is 0 Å². The minimum atomic E-state index is -0.172. The van der Waals surface area contributed by atoms with Crippen LogP contribution in [0.25, 0.3) is 0 Å². The summed E-state index contributed by atoms with van der Waals surface area (Å²) in [6.07, 6.45) is 1.07. The third-order valence-corrected chi connectivity index (χ3v) is 4.62. The Balaban J connectivity index is 2.15. The van der Waals surface area contributed by atoms with Gasteiger partial charge in [0.15, 0.2) is 23.0 Å². The normalized spacial score (nSPS) is 13.2. The summed E-state index contributed by atoms with van der Waals surface area (Å²) >= 11 is 0. The molecule has 2 aromatic rings. The number of aliphatic hydroxyl groups is 2. The number of benzene rings is 2. The topological polar surface area (TPSA) is 99.4 Å². The smallest absolute Gasteiger partial charge is 0.160 e. The summed E-state index contributed by atoms with van der Waals surface area (Å²) < 4.78 is 10.2. The third kappa shape index (κ3) is 4.80. The fraction of sp³-hybridized carbons (Fsp3) is 0.400. The molecule has 26 heavy (non-hydrogen) atoms. The van der Waals surface area contributed by atoms with E-state index in [0.717, 1.165) is 11.1 Å². The van der Waals surface area contributed by atoms with Crippen LogP contribution in [0.3, 0.4) is 0 Å². The Labute approximate surface area is 153 Å². The lowest BCUT2D eigenvalue weighted by Crippen LogP contribution is -2.26. The molecule has 4 N–H and O–H groups in total. The van der Waals surface area contributed by atoms with Crippen LogP contribution in [0, 0.1) is 11.8 Å². The van der Waals surface area contributed by atoms with E-state index in [0.29, 0.717) is 24.3 Å². The molecule has 0 aliphatic carbocycles. The van der Waals surface area contributed by atoms with E-state index in [4.69, 9.17) is 9.47 Å². The molecule has 0 radical (unpaired) electrons. The highest BCUT2D eigenvalue weighted by Gasteiger charge is 2.22. The second-order valence-electron chi connectivity index (χ2n) is 6.31. The van der Waals surface area contributed by atoms with Crippen LogP contribution in [-0.4, -0.2) is 47.9 Å². The molecule has 0 fully saturated rings. The zero-order valence-corrected chi connectivity index (χ0v) is 15.1. The molecule has 0 spiro atoms. The molecule has 2 atom stereocenters. The SMILES string of the molecule is COc1cc(CC(CO)C(CO)Cc2ccc(O)c(OC)c2)ccc1O. The molecule has 2 unspecified atom stereocenters. The molecular weight excluding hydrogens is 336 g/mol. The average molecular weight is 362 g/mol. The average Bonchev–Trinajstić information content (AvgIpc) is 2.66. The van der Waals surface area contributed by atoms with Gasteiger partial charge in [-0.2, -0.15) is 0 Å². The zero-order chi connectivity index (χ0) is 19.1. The van der Waals surface area contributed by atoms with Crippen molar-refractivity contribution in [1.82, 2.24) is 0 Å². The molecule has 0 aliphatic heterocycles. The van der Waals surface area contributed by atoms with Crippen molar-refractivity contribution in [3.8, 4) is 23.0 Å². The monoisotopic (exact) mass is 362 g/mol. The van der Waals surface area contributed by atoms with Gasteiger partial charge in [0, 0.05) is 13.2 Å². The van der Waals surface area contributed by atoms with Crippen molar-refractivity contribution < 1.29 is 29.9 Å². The predicted octanol–water partition coefficient (Wildman–Crippen LogP) is 2.12. The number of methoxy groups -OCH3 is 2. The molecule has 0 saturated heterocycles. The third-order valence-electron chi connectivity index (χ3n) is 4.62. The Morgan fingerprint density at radius 1 is 0.731 bits per heavy atom. The molecule has 0 heterocycles. The fourth-order valence-electron chi connectivity index (χ4n) is 3.06. The Kier molecular flexibility index (Phi) is 7.12. The van der Waals surface area contributed by atoms with Crippen molar-refractivity contribution in [3.63, 3.8) is 0 Å². The summed E-state index contributed by atoms with van der Waals surface area (Å²) in [6, 6.07) is 10.1. The van der Waals surface area contributed by atoms with Gasteiger partial charge in [-0.15, -0.1) is 0 Å². The van der Waals surface area contributed by atoms with E-state index in [1.54, 1.807) is 36.4 Å². The van der Waals surface area contributed by atoms with Crippen molar-refractivity contribution in [2.24, 2.45) is 11.8 Å². The second-order valence-corrected chi connectivity index (χ2v) is 6.31. The van der Waals surface area contributed by atoms with Crippen molar-refractivity contribution >= 4 is 0 Å². The number of hydrogen-bond acceptors (Lipinski definition) is 6. The van der Waals surface area contributed by atoms with Gasteiger partial charge in [0.2, 0.25) is 0 Å². The highest BCUT2D eigenvalue weighted by Crippen LogP contribution is 2.31. The lowest BCUT2D eigenvalue weighted by Gasteiger charge is -2.24. The maximum atomic E-state index is 9.84. The van der Waals surface area contributed by atoms with Crippen molar-refractivity contribution in [2.45, 2.75) is 12.8 Å². The summed E-state index contributed by atoms with van der Waals surface area (Å²) in [5.74, 6) is 0.535. The number of phenolic OH excluding ortho intramolecular Hbond substituents is 2. The molecule has 0 saturated carbocycles. The van der Waals surface area contributed by atoms with Crippen LogP contribution in [0.2, 0.25) is 0 Å². The summed E-state index contributed by atoms with van der Waals surface area (Å²) in [5.41, 5.74) is 1.81. The summed E-state index contributed by atoms with van der Waals surface area (Å²) in [5, 5.41) is 39.1. The maximum Gasteiger partial charge on any atom is 0.160 e. The Bertz CT molecular complexity index is 654. The molecular formula is C20H26O6. The number of rotatable bonds is 9. The van der Waals surface area contributed by atoms with Gasteiger partial charge in [-0.25, -0.2) is 0 Å². The Hall–Kier alpha value is -2.44. The van der Waals surface area contributed by atoms with Crippen LogP contribution < -0.4 is 9.47 Å². The standard InChI is InChI=1S/C20H26O6/c1-25-19-9-13(3-5-17(19)23)7-15(11-21)16(12-22)8-14-4-6-18(24)20(10-14)26-2/h3-6,9-10,15-16,21-24H,7-8,11-12H2,1-2H3. The van der Waals surface area contributed by atoms with Crippen LogP contribution in [-0.2, 0) is 12.8 Å². The molecule has 6 nitrogen and oxygen atoms in total. The first-order chi connectivity index (χ1) is 12.5. The molecule has 6 heteroatoms. The van der Waals surface area contributed by atoms with Crippen LogP contribution >= 0.6 is 0 Å². The number of aliphatic hydroxyl groups excluding tert-OH is 2. The molecule has 0 aromatic heterocycles. The van der Waals surface area contributed by atoms with Crippen molar-refractivity contribution in [2.75, 3.05) is 27.4 Å². The van der Waals surface area contributed by atoms with Gasteiger partial charge >= 0.3 is 0 Å². The minimum absolute atomic E-state index is 0.0618. The summed E-state index contributed by atoms with van der Waals surface area (Å²) in [6.45, 7) is -0.159. The highest BCUT2D eigenvalue weighted by molar-refractivity contribution is 5.43. The Morgan fingerprint density at radius 3 is 1.42 bits per heavy atom. The lowest BCUT2D eigenvalue weighted by atomic mass is 9.83. The first-order valence-corrected chi connectivity index (χ1v) is 8.45. The van der Waals surface area contributed by atoms with Gasteiger partial charge in [0.1, 0.15) is 0 Å². The summed E-state index contributed by atoms with van der Waals surface area (Å²) in [4.78, 5) is 0. The number of phenols is 2. The largest absolute Gasteiger partial charge is 0.504 e. The molecule has 2 rings (SSSR count). The van der Waals surface area contributed by atoms with Gasteiger partial charge in [-0.1, -0.05) is 12.1 Å². The highest BCUT2D eigenvalue weighted by atomic mass is 16.5. The quantitative estimate of drug-likeness (QED) is 0.545. The van der Waals surface area contributed by atoms with Crippen molar-refractivity contribution in [1.29, 1.82) is 0 Å². The predicted molar refractivity (Wildman–Crippen MR) is 97.9 cm³/mol. The van der Waals surface area contributed by atoms with Gasteiger partial charge in [0.25, 0.3) is 0 Å². The minimum Gasteiger partial charge on any atom is -0.504 e. The van der Waals surface area contributed by atoms with Gasteiger partial charge in [-0.05, 0) is 60.1 Å². The van der Waals surface area contributed by atoms with Gasteiger partial charge in [0.05, 0.1) is 14.2 Å². The van der Waals surface area contributed by atoms with E-state index in [1.807, 2.05) is 0 Å². The first kappa shape index (κ1) is 19.9. The molecule has 0 aliphatic rings. The van der Waals surface area contributed by atoms with Crippen LogP contribution in [0.1, 0.15) is 11.1 Å². The molecule has 2 aromatic carbocycles. The lowest BCUT2D eigenvalue weighted by molar-refractivity contribution is 0.119. The number of hydrogen-bond donors (Lipinski definition) is 4. The van der Waals surface area contributed by atoms with Gasteiger partial charge < -0.3 is 29.9 Å². The number of ether oxygens (including phenoxy) is 2. The van der Waals surface area contributed by atoms with Crippen LogP contribution in [0.4, 0.5) is 0 Å². The van der Waals surface area contributed by atoms with E-state index in [9.17, 15) is 20.4 Å². The fourth-order valence-corrected chi connectivity index (χ4v) is 3.06. The van der Waals surface area contributed by atoms with Crippen LogP contribution in [0.5, 0.6) is 23.0 Å². The van der Waals surface area contributed by atoms with E-state index >= 15 is 0 Å². The zero-order valence-electron chi connectivity index (χ0n) is 15.1. The first-order valence-electron chi connectivity index (χ1n) is 8.45. The van der Waals surface area contributed by atoms with E-state index in [1.165, 1.54) is 14.2 Å². The van der Waals surface area contributed by atoms with E-state index in [2.05, 4.69) is 0 Å². The van der Waals surface area contributed by atoms with E-state index in [-0.39, 0.29) is 36.5 Å². The van der Waals surface area contributed by atoms with Crippen LogP contribution in [0.15, 0.2) is 36.4 Å². The Morgan fingerprint density at radius 2 is 1.12 bits per heavy atom. The second kappa shape index (κ2) is 9.31. The molecule has 0 bridgehead atoms. The van der Waals surface area contributed by atoms with E-state index < -0.39 is 0 Å². The maximum absolute atomic E-state index is 9.84. The summed E-state index contributed by atoms with van der Waals surface area (Å²) in [7, 11) is 2.97.